The number of aromatic nitrogens is 1. The molecule has 1 nitrogen and oxygen atoms in total. The van der Waals surface area contributed by atoms with E-state index in [-0.39, 0.29) is 5.92 Å². The molecule has 0 unspecified atom stereocenters. The topological polar surface area (TPSA) is 4.93 Å². The molecule has 0 fully saturated rings. The first kappa shape index (κ1) is 23.4. The average Bonchev–Trinajstić information content (AvgIpc) is 3.12. The maximum Gasteiger partial charge on any atom is 0.169 e. The van der Waals surface area contributed by atoms with E-state index in [1.807, 2.05) is 0 Å². The molecule has 3 aromatic carbocycles. The molecular formula is C31H37NSi. The van der Waals surface area contributed by atoms with Gasteiger partial charge in [-0.3, -0.25) is 0 Å². The predicted octanol–water partition coefficient (Wildman–Crippen LogP) is 8.89. The molecule has 0 bridgehead atoms. The van der Waals surface area contributed by atoms with Gasteiger partial charge >= 0.3 is 0 Å². The second kappa shape index (κ2) is 8.88. The summed E-state index contributed by atoms with van der Waals surface area (Å²) >= 11 is 0. The second-order valence-electron chi connectivity index (χ2n) is 10.5. The predicted molar refractivity (Wildman–Crippen MR) is 148 cm³/mol. The number of rotatable bonds is 6. The van der Waals surface area contributed by atoms with Crippen LogP contribution in [0.3, 0.4) is 0 Å². The SMILES string of the molecule is C#C[C@H](c1cccc2ccccc12)c1cn([Si](C(C)C)(C(C)C)C(C)C)c2ccc(C)cc12. The molecule has 0 saturated carbocycles. The third-order valence-corrected chi connectivity index (χ3v) is 14.5. The van der Waals surface area contributed by atoms with Crippen LogP contribution < -0.4 is 0 Å². The quantitative estimate of drug-likeness (QED) is 0.204. The fraction of sp³-hybridized carbons (Fsp3) is 0.355. The lowest BCUT2D eigenvalue weighted by Crippen LogP contribution is -2.51. The zero-order chi connectivity index (χ0) is 23.9. The van der Waals surface area contributed by atoms with E-state index in [0.29, 0.717) is 16.6 Å². The minimum absolute atomic E-state index is 0.0835. The summed E-state index contributed by atoms with van der Waals surface area (Å²) in [5.74, 6) is 3.11. The molecule has 0 radical (unpaired) electrons. The molecule has 170 valence electrons. The molecule has 2 heteroatoms. The summed E-state index contributed by atoms with van der Waals surface area (Å²) in [6.45, 7) is 16.7. The highest BCUT2D eigenvalue weighted by Crippen LogP contribution is 2.46. The second-order valence-corrected chi connectivity index (χ2v) is 16.2. The van der Waals surface area contributed by atoms with Crippen LogP contribution in [0.4, 0.5) is 0 Å². The Balaban J connectivity index is 2.07. The molecular weight excluding hydrogens is 414 g/mol. The van der Waals surface area contributed by atoms with Crippen molar-refractivity contribution in [2.24, 2.45) is 0 Å². The summed E-state index contributed by atoms with van der Waals surface area (Å²) in [7, 11) is -1.93. The van der Waals surface area contributed by atoms with Crippen molar-refractivity contribution in [3.05, 3.63) is 83.6 Å². The van der Waals surface area contributed by atoms with Crippen LogP contribution >= 0.6 is 0 Å². The van der Waals surface area contributed by atoms with Crippen molar-refractivity contribution in [1.29, 1.82) is 0 Å². The maximum atomic E-state index is 6.31. The van der Waals surface area contributed by atoms with Gasteiger partial charge in [0.1, 0.15) is 0 Å². The van der Waals surface area contributed by atoms with Gasteiger partial charge in [0.05, 0.1) is 5.92 Å². The fourth-order valence-electron chi connectivity index (χ4n) is 6.60. The Morgan fingerprint density at radius 3 is 2.03 bits per heavy atom. The van der Waals surface area contributed by atoms with Gasteiger partial charge in [-0.1, -0.05) is 102 Å². The number of terminal acetylenes is 1. The van der Waals surface area contributed by atoms with E-state index >= 15 is 0 Å². The van der Waals surface area contributed by atoms with Crippen LogP contribution in [-0.2, 0) is 0 Å². The number of hydrogen-bond acceptors (Lipinski definition) is 0. The first-order chi connectivity index (χ1) is 15.7. The summed E-state index contributed by atoms with van der Waals surface area (Å²) in [6, 6.07) is 22.0. The molecule has 0 N–H and O–H groups in total. The van der Waals surface area contributed by atoms with Crippen molar-refractivity contribution in [2.45, 2.75) is 71.0 Å². The molecule has 0 amide bonds. The third kappa shape index (κ3) is 3.64. The number of benzene rings is 3. The lowest BCUT2D eigenvalue weighted by Gasteiger charge is -2.44. The fourth-order valence-corrected chi connectivity index (χ4v) is 13.2. The van der Waals surface area contributed by atoms with Crippen molar-refractivity contribution in [1.82, 2.24) is 4.23 Å². The average molecular weight is 452 g/mol. The van der Waals surface area contributed by atoms with E-state index in [1.165, 1.54) is 38.4 Å². The third-order valence-electron chi connectivity index (χ3n) is 7.79. The molecule has 4 aromatic rings. The standard InChI is InChI=1S/C31H37NSi/c1-9-26(28-16-12-14-25-13-10-11-15-27(25)28)30-20-32(31-18-17-24(8)19-29(30)31)33(21(2)3,22(4)5)23(6)7/h1,10-23,26H,2-8H3/t26-/m1/s1. The Hall–Kier alpha value is -2.76. The summed E-state index contributed by atoms with van der Waals surface area (Å²) in [5, 5.41) is 3.80. The monoisotopic (exact) mass is 451 g/mol. The normalized spacial score (nSPS) is 13.4. The van der Waals surface area contributed by atoms with Crippen LogP contribution in [0.1, 0.15) is 64.2 Å². The Labute approximate surface area is 200 Å². The lowest BCUT2D eigenvalue weighted by molar-refractivity contribution is 0.771. The van der Waals surface area contributed by atoms with Crippen molar-refractivity contribution in [3.8, 4) is 12.3 Å². The summed E-state index contributed by atoms with van der Waals surface area (Å²) in [4.78, 5) is 0. The maximum absolute atomic E-state index is 6.31. The summed E-state index contributed by atoms with van der Waals surface area (Å²) < 4.78 is 2.71. The van der Waals surface area contributed by atoms with Crippen molar-refractivity contribution in [3.63, 3.8) is 0 Å². The molecule has 0 spiro atoms. The van der Waals surface area contributed by atoms with Gasteiger partial charge in [0.25, 0.3) is 0 Å². The van der Waals surface area contributed by atoms with Gasteiger partial charge in [-0.2, -0.15) is 0 Å². The van der Waals surface area contributed by atoms with E-state index in [2.05, 4.69) is 125 Å². The highest BCUT2D eigenvalue weighted by Gasteiger charge is 2.46. The van der Waals surface area contributed by atoms with Crippen LogP contribution in [0, 0.1) is 19.3 Å². The molecule has 33 heavy (non-hydrogen) atoms. The first-order valence-corrected chi connectivity index (χ1v) is 14.5. The van der Waals surface area contributed by atoms with E-state index in [0.717, 1.165) is 0 Å². The Bertz CT molecular complexity index is 1310. The van der Waals surface area contributed by atoms with Gasteiger partial charge in [0, 0.05) is 17.1 Å². The molecule has 1 aromatic heterocycles. The number of aryl methyl sites for hydroxylation is 1. The zero-order valence-electron chi connectivity index (χ0n) is 21.2. The van der Waals surface area contributed by atoms with Crippen LogP contribution in [0.2, 0.25) is 16.6 Å². The molecule has 0 saturated heterocycles. The zero-order valence-corrected chi connectivity index (χ0v) is 22.2. The minimum Gasteiger partial charge on any atom is -0.373 e. The van der Waals surface area contributed by atoms with Gasteiger partial charge in [0.15, 0.2) is 8.24 Å². The van der Waals surface area contributed by atoms with Gasteiger partial charge in [0.2, 0.25) is 0 Å². The number of nitrogens with zero attached hydrogens (tertiary/aromatic N) is 1. The summed E-state index contributed by atoms with van der Waals surface area (Å²) in [6.07, 6.45) is 8.75. The van der Waals surface area contributed by atoms with E-state index < -0.39 is 8.24 Å². The molecule has 1 heterocycles. The van der Waals surface area contributed by atoms with Crippen molar-refractivity contribution >= 4 is 29.9 Å². The minimum atomic E-state index is -1.93. The van der Waals surface area contributed by atoms with Crippen LogP contribution in [0.5, 0.6) is 0 Å². The van der Waals surface area contributed by atoms with Crippen LogP contribution in [0.15, 0.2) is 66.9 Å². The molecule has 0 aliphatic carbocycles. The van der Waals surface area contributed by atoms with Crippen molar-refractivity contribution in [2.75, 3.05) is 0 Å². The van der Waals surface area contributed by atoms with Crippen LogP contribution in [-0.4, -0.2) is 12.5 Å². The highest BCUT2D eigenvalue weighted by molar-refractivity contribution is 6.82. The number of fused-ring (bicyclic) bond motifs is 2. The lowest BCUT2D eigenvalue weighted by atomic mass is 9.88. The summed E-state index contributed by atoms with van der Waals surface area (Å²) in [5.41, 5.74) is 6.96. The molecule has 1 atom stereocenters. The smallest absolute Gasteiger partial charge is 0.169 e. The van der Waals surface area contributed by atoms with E-state index in [4.69, 9.17) is 6.42 Å². The van der Waals surface area contributed by atoms with Gasteiger partial charge in [-0.25, -0.2) is 0 Å². The molecule has 0 aliphatic heterocycles. The van der Waals surface area contributed by atoms with Crippen molar-refractivity contribution < 1.29 is 0 Å². The van der Waals surface area contributed by atoms with Gasteiger partial charge < -0.3 is 4.23 Å². The van der Waals surface area contributed by atoms with Gasteiger partial charge in [-0.15, -0.1) is 6.42 Å². The molecule has 4 rings (SSSR count). The highest BCUT2D eigenvalue weighted by atomic mass is 28.3. The first-order valence-electron chi connectivity index (χ1n) is 12.3. The van der Waals surface area contributed by atoms with Crippen LogP contribution in [0.25, 0.3) is 21.7 Å². The van der Waals surface area contributed by atoms with Gasteiger partial charge in [-0.05, 0) is 57.6 Å². The largest absolute Gasteiger partial charge is 0.373 e. The number of hydrogen-bond donors (Lipinski definition) is 0. The van der Waals surface area contributed by atoms with E-state index in [9.17, 15) is 0 Å². The Morgan fingerprint density at radius 1 is 0.758 bits per heavy atom. The van der Waals surface area contributed by atoms with E-state index in [1.54, 1.807) is 0 Å². The Kier molecular flexibility index (Phi) is 6.30. The molecule has 0 aliphatic rings. The Morgan fingerprint density at radius 2 is 1.39 bits per heavy atom.